The minimum atomic E-state index is -0.428. The molecule has 0 aromatic carbocycles. The Labute approximate surface area is 92.1 Å². The molecule has 1 atom stereocenters. The fraction of sp³-hybridized carbons (Fsp3) is 0.583. The van der Waals surface area contributed by atoms with Crippen LogP contribution in [0.4, 0.5) is 0 Å². The minimum absolute atomic E-state index is 0.00917. The van der Waals surface area contributed by atoms with Gasteiger partial charge < -0.3 is 10.0 Å². The SMILES string of the molecule is C=CN(CC)/C(C(C)=O)=C(/C)CC(C)O. The van der Waals surface area contributed by atoms with E-state index in [0.717, 1.165) is 5.57 Å². The highest BCUT2D eigenvalue weighted by atomic mass is 16.3. The largest absolute Gasteiger partial charge is 0.393 e. The van der Waals surface area contributed by atoms with E-state index in [1.54, 1.807) is 18.0 Å². The second-order valence-corrected chi connectivity index (χ2v) is 3.71. The van der Waals surface area contributed by atoms with Crippen molar-refractivity contribution in [1.82, 2.24) is 4.90 Å². The van der Waals surface area contributed by atoms with Crippen molar-refractivity contribution in [3.63, 3.8) is 0 Å². The minimum Gasteiger partial charge on any atom is -0.393 e. The number of carbonyl (C=O) groups is 1. The van der Waals surface area contributed by atoms with Gasteiger partial charge in [0, 0.05) is 13.5 Å². The third-order valence-electron chi connectivity index (χ3n) is 2.19. The van der Waals surface area contributed by atoms with Gasteiger partial charge in [-0.3, -0.25) is 4.79 Å². The maximum absolute atomic E-state index is 11.5. The molecule has 1 N–H and O–H groups in total. The zero-order valence-corrected chi connectivity index (χ0v) is 10.1. The molecule has 3 heteroatoms. The molecular weight excluding hydrogens is 190 g/mol. The van der Waals surface area contributed by atoms with E-state index >= 15 is 0 Å². The number of aliphatic hydroxyl groups is 1. The number of allylic oxidation sites excluding steroid dienone is 1. The molecule has 0 aliphatic heterocycles. The molecule has 0 saturated heterocycles. The predicted molar refractivity (Wildman–Crippen MR) is 62.3 cm³/mol. The number of hydrogen-bond acceptors (Lipinski definition) is 3. The Morgan fingerprint density at radius 3 is 2.33 bits per heavy atom. The summed E-state index contributed by atoms with van der Waals surface area (Å²) in [4.78, 5) is 13.3. The third-order valence-corrected chi connectivity index (χ3v) is 2.19. The third kappa shape index (κ3) is 4.30. The lowest BCUT2D eigenvalue weighted by Crippen LogP contribution is -2.23. The number of carbonyl (C=O) groups excluding carboxylic acids is 1. The van der Waals surface area contributed by atoms with E-state index in [1.807, 2.05) is 13.8 Å². The molecule has 0 aromatic rings. The van der Waals surface area contributed by atoms with Gasteiger partial charge in [-0.1, -0.05) is 6.58 Å². The predicted octanol–water partition coefficient (Wildman–Crippen LogP) is 2.09. The summed E-state index contributed by atoms with van der Waals surface area (Å²) in [6, 6.07) is 0. The Balaban J connectivity index is 5.08. The first kappa shape index (κ1) is 13.9. The smallest absolute Gasteiger partial charge is 0.176 e. The van der Waals surface area contributed by atoms with Crippen LogP contribution in [0.15, 0.2) is 24.0 Å². The van der Waals surface area contributed by atoms with Gasteiger partial charge in [-0.05, 0) is 39.0 Å². The number of hydrogen-bond donors (Lipinski definition) is 1. The van der Waals surface area contributed by atoms with Crippen LogP contribution in [0.25, 0.3) is 0 Å². The molecule has 15 heavy (non-hydrogen) atoms. The Hall–Kier alpha value is -1.09. The molecule has 0 fully saturated rings. The molecule has 0 radical (unpaired) electrons. The average molecular weight is 211 g/mol. The van der Waals surface area contributed by atoms with E-state index in [0.29, 0.717) is 18.7 Å². The van der Waals surface area contributed by atoms with E-state index in [9.17, 15) is 9.90 Å². The fourth-order valence-electron chi connectivity index (χ4n) is 1.67. The highest BCUT2D eigenvalue weighted by Gasteiger charge is 2.14. The molecule has 0 heterocycles. The Bertz CT molecular complexity index is 267. The summed E-state index contributed by atoms with van der Waals surface area (Å²) >= 11 is 0. The summed E-state index contributed by atoms with van der Waals surface area (Å²) < 4.78 is 0. The summed E-state index contributed by atoms with van der Waals surface area (Å²) in [6.45, 7) is 11.5. The van der Waals surface area contributed by atoms with Crippen LogP contribution in [0.1, 0.15) is 34.1 Å². The maximum Gasteiger partial charge on any atom is 0.176 e. The number of Topliss-reactive ketones (excluding diaryl/α,β-unsaturated/α-hetero) is 1. The maximum atomic E-state index is 11.5. The quantitative estimate of drug-likeness (QED) is 0.684. The standard InChI is InChI=1S/C12H21NO2/c1-6-13(7-2)12(11(5)15)9(3)8-10(4)14/h6,10,14H,1,7-8H2,2-5H3/b12-9-. The molecule has 0 amide bonds. The Morgan fingerprint density at radius 1 is 1.53 bits per heavy atom. The lowest BCUT2D eigenvalue weighted by Gasteiger charge is -2.22. The summed E-state index contributed by atoms with van der Waals surface area (Å²) in [5.74, 6) is 0.00917. The van der Waals surface area contributed by atoms with E-state index in [4.69, 9.17) is 0 Å². The lowest BCUT2D eigenvalue weighted by molar-refractivity contribution is -0.114. The monoisotopic (exact) mass is 211 g/mol. The molecule has 1 unspecified atom stereocenters. The van der Waals surface area contributed by atoms with Gasteiger partial charge in [-0.2, -0.15) is 0 Å². The van der Waals surface area contributed by atoms with Crippen LogP contribution in [0.5, 0.6) is 0 Å². The van der Waals surface area contributed by atoms with Gasteiger partial charge in [0.25, 0.3) is 0 Å². The number of rotatable bonds is 6. The molecule has 0 aromatic heterocycles. The van der Waals surface area contributed by atoms with E-state index < -0.39 is 6.10 Å². The van der Waals surface area contributed by atoms with E-state index in [2.05, 4.69) is 6.58 Å². The molecule has 3 nitrogen and oxygen atoms in total. The summed E-state index contributed by atoms with van der Waals surface area (Å²) in [7, 11) is 0. The van der Waals surface area contributed by atoms with Crippen molar-refractivity contribution < 1.29 is 9.90 Å². The summed E-state index contributed by atoms with van der Waals surface area (Å²) in [5.41, 5.74) is 1.55. The molecule has 0 spiro atoms. The lowest BCUT2D eigenvalue weighted by atomic mass is 10.1. The van der Waals surface area contributed by atoms with Crippen molar-refractivity contribution in [3.05, 3.63) is 24.0 Å². The van der Waals surface area contributed by atoms with Crippen molar-refractivity contribution >= 4 is 5.78 Å². The molecule has 0 rings (SSSR count). The summed E-state index contributed by atoms with van der Waals surface area (Å²) in [5, 5.41) is 9.29. The van der Waals surface area contributed by atoms with Crippen molar-refractivity contribution in [1.29, 1.82) is 0 Å². The van der Waals surface area contributed by atoms with Gasteiger partial charge in [-0.25, -0.2) is 0 Å². The van der Waals surface area contributed by atoms with Crippen molar-refractivity contribution in [2.24, 2.45) is 0 Å². The average Bonchev–Trinajstić information content (AvgIpc) is 2.11. The number of likely N-dealkylation sites (N-methyl/N-ethyl adjacent to an activating group) is 1. The zero-order chi connectivity index (χ0) is 12.0. The molecule has 86 valence electrons. The van der Waals surface area contributed by atoms with Crippen LogP contribution < -0.4 is 0 Å². The van der Waals surface area contributed by atoms with Crippen LogP contribution in [0.2, 0.25) is 0 Å². The first-order chi connectivity index (χ1) is 6.93. The van der Waals surface area contributed by atoms with Gasteiger partial charge in [0.1, 0.15) is 0 Å². The first-order valence-corrected chi connectivity index (χ1v) is 5.21. The van der Waals surface area contributed by atoms with Crippen LogP contribution in [-0.2, 0) is 4.79 Å². The fourth-order valence-corrected chi connectivity index (χ4v) is 1.67. The number of nitrogens with zero attached hydrogens (tertiary/aromatic N) is 1. The Morgan fingerprint density at radius 2 is 2.07 bits per heavy atom. The highest BCUT2D eigenvalue weighted by molar-refractivity contribution is 5.93. The highest BCUT2D eigenvalue weighted by Crippen LogP contribution is 2.16. The normalized spacial score (nSPS) is 14.2. The van der Waals surface area contributed by atoms with Crippen molar-refractivity contribution in [3.8, 4) is 0 Å². The Kier molecular flexibility index (Phi) is 5.94. The molecule has 0 saturated carbocycles. The van der Waals surface area contributed by atoms with Gasteiger partial charge in [0.2, 0.25) is 0 Å². The second-order valence-electron chi connectivity index (χ2n) is 3.71. The number of aliphatic hydroxyl groups excluding tert-OH is 1. The van der Waals surface area contributed by atoms with Crippen LogP contribution in [0.3, 0.4) is 0 Å². The van der Waals surface area contributed by atoms with Crippen molar-refractivity contribution in [2.45, 2.75) is 40.2 Å². The first-order valence-electron chi connectivity index (χ1n) is 5.21. The second kappa shape index (κ2) is 6.40. The van der Waals surface area contributed by atoms with Gasteiger partial charge in [0.05, 0.1) is 11.8 Å². The van der Waals surface area contributed by atoms with Crippen LogP contribution in [-0.4, -0.2) is 28.4 Å². The zero-order valence-electron chi connectivity index (χ0n) is 10.1. The topological polar surface area (TPSA) is 40.5 Å². The van der Waals surface area contributed by atoms with Crippen molar-refractivity contribution in [2.75, 3.05) is 6.54 Å². The molecular formula is C12H21NO2. The summed E-state index contributed by atoms with van der Waals surface area (Å²) in [6.07, 6.45) is 1.73. The van der Waals surface area contributed by atoms with E-state index in [1.165, 1.54) is 6.92 Å². The van der Waals surface area contributed by atoms with Crippen LogP contribution in [0, 0.1) is 0 Å². The molecule has 0 aliphatic carbocycles. The van der Waals surface area contributed by atoms with Gasteiger partial charge >= 0.3 is 0 Å². The van der Waals surface area contributed by atoms with E-state index in [-0.39, 0.29) is 5.78 Å². The van der Waals surface area contributed by atoms with Gasteiger partial charge in [-0.15, -0.1) is 0 Å². The number of ketones is 1. The van der Waals surface area contributed by atoms with Gasteiger partial charge in [0.15, 0.2) is 5.78 Å². The molecule has 0 bridgehead atoms. The molecule has 0 aliphatic rings. The van der Waals surface area contributed by atoms with Crippen LogP contribution >= 0.6 is 0 Å².